The van der Waals surface area contributed by atoms with E-state index in [0.717, 1.165) is 0 Å². The van der Waals surface area contributed by atoms with E-state index in [9.17, 15) is 9.18 Å². The zero-order valence-electron chi connectivity index (χ0n) is 13.0. The maximum absolute atomic E-state index is 13.8. The summed E-state index contributed by atoms with van der Waals surface area (Å²) >= 11 is 0. The largest absolute Gasteiger partial charge is 0.497 e. The molecule has 0 aromatic heterocycles. The first-order chi connectivity index (χ1) is 11.1. The van der Waals surface area contributed by atoms with Crippen molar-refractivity contribution in [2.24, 2.45) is 5.92 Å². The van der Waals surface area contributed by atoms with Crippen LogP contribution in [0.1, 0.15) is 17.9 Å². The lowest BCUT2D eigenvalue weighted by Crippen LogP contribution is -2.15. The third-order valence-electron chi connectivity index (χ3n) is 4.10. The van der Waals surface area contributed by atoms with Gasteiger partial charge in [0.05, 0.1) is 19.9 Å². The molecule has 0 radical (unpaired) electrons. The SMILES string of the molecule is COc1ccc(NC(=O)C2CC2c2ccccc2F)c(OC)c1. The first-order valence-electron chi connectivity index (χ1n) is 7.41. The summed E-state index contributed by atoms with van der Waals surface area (Å²) in [5.41, 5.74) is 1.19. The number of carbonyl (C=O) groups excluding carboxylic acids is 1. The van der Waals surface area contributed by atoms with Gasteiger partial charge in [0.15, 0.2) is 0 Å². The average molecular weight is 315 g/mol. The second kappa shape index (κ2) is 6.28. The molecule has 2 aromatic carbocycles. The van der Waals surface area contributed by atoms with Crippen molar-refractivity contribution < 1.29 is 18.7 Å². The van der Waals surface area contributed by atoms with Gasteiger partial charge in [-0.05, 0) is 36.1 Å². The van der Waals surface area contributed by atoms with E-state index in [-0.39, 0.29) is 23.6 Å². The molecule has 0 bridgehead atoms. The fourth-order valence-corrected chi connectivity index (χ4v) is 2.73. The maximum atomic E-state index is 13.8. The summed E-state index contributed by atoms with van der Waals surface area (Å²) in [7, 11) is 3.10. The number of benzene rings is 2. The van der Waals surface area contributed by atoms with E-state index >= 15 is 0 Å². The Bertz CT molecular complexity index is 732. The molecule has 0 heterocycles. The molecule has 0 saturated heterocycles. The van der Waals surface area contributed by atoms with Gasteiger partial charge < -0.3 is 14.8 Å². The molecule has 1 aliphatic carbocycles. The zero-order valence-corrected chi connectivity index (χ0v) is 13.0. The van der Waals surface area contributed by atoms with Crippen molar-refractivity contribution >= 4 is 11.6 Å². The number of rotatable bonds is 5. The average Bonchev–Trinajstić information content (AvgIpc) is 3.36. The molecule has 2 aromatic rings. The molecule has 1 fully saturated rings. The van der Waals surface area contributed by atoms with Crippen molar-refractivity contribution in [1.29, 1.82) is 0 Å². The minimum Gasteiger partial charge on any atom is -0.497 e. The van der Waals surface area contributed by atoms with E-state index in [1.54, 1.807) is 43.5 Å². The van der Waals surface area contributed by atoms with Crippen LogP contribution in [0.3, 0.4) is 0 Å². The monoisotopic (exact) mass is 315 g/mol. The fraction of sp³-hybridized carbons (Fsp3) is 0.278. The van der Waals surface area contributed by atoms with Crippen LogP contribution in [0.4, 0.5) is 10.1 Å². The smallest absolute Gasteiger partial charge is 0.228 e. The normalized spacial score (nSPS) is 19.1. The lowest BCUT2D eigenvalue weighted by Gasteiger charge is -2.11. The summed E-state index contributed by atoms with van der Waals surface area (Å²) in [5.74, 6) is 0.534. The predicted octanol–water partition coefficient (Wildman–Crippen LogP) is 3.59. The van der Waals surface area contributed by atoms with Gasteiger partial charge in [-0.25, -0.2) is 4.39 Å². The van der Waals surface area contributed by atoms with E-state index in [1.807, 2.05) is 0 Å². The highest BCUT2D eigenvalue weighted by atomic mass is 19.1. The van der Waals surface area contributed by atoms with Gasteiger partial charge >= 0.3 is 0 Å². The number of methoxy groups -OCH3 is 2. The summed E-state index contributed by atoms with van der Waals surface area (Å²) in [6, 6.07) is 11.8. The van der Waals surface area contributed by atoms with Crippen molar-refractivity contribution in [3.8, 4) is 11.5 Å². The van der Waals surface area contributed by atoms with Crippen LogP contribution in [0.25, 0.3) is 0 Å². The summed E-state index contributed by atoms with van der Waals surface area (Å²) in [5, 5.41) is 2.85. The molecule has 1 amide bonds. The summed E-state index contributed by atoms with van der Waals surface area (Å²) < 4.78 is 24.2. The van der Waals surface area contributed by atoms with Gasteiger partial charge in [0.25, 0.3) is 0 Å². The van der Waals surface area contributed by atoms with Crippen LogP contribution in [-0.4, -0.2) is 20.1 Å². The van der Waals surface area contributed by atoms with Crippen molar-refractivity contribution in [2.45, 2.75) is 12.3 Å². The molecule has 2 unspecified atom stereocenters. The van der Waals surface area contributed by atoms with Gasteiger partial charge in [-0.15, -0.1) is 0 Å². The van der Waals surface area contributed by atoms with E-state index in [0.29, 0.717) is 29.2 Å². The molecule has 0 aliphatic heterocycles. The third-order valence-corrected chi connectivity index (χ3v) is 4.10. The minimum absolute atomic E-state index is 0.0551. The highest BCUT2D eigenvalue weighted by Crippen LogP contribution is 2.49. The molecule has 120 valence electrons. The zero-order chi connectivity index (χ0) is 16.4. The van der Waals surface area contributed by atoms with Crippen LogP contribution in [0.5, 0.6) is 11.5 Å². The molecular weight excluding hydrogens is 297 g/mol. The van der Waals surface area contributed by atoms with Crippen molar-refractivity contribution in [3.63, 3.8) is 0 Å². The van der Waals surface area contributed by atoms with Gasteiger partial charge in [0.1, 0.15) is 17.3 Å². The number of anilines is 1. The molecule has 0 spiro atoms. The molecule has 1 saturated carbocycles. The Kier molecular flexibility index (Phi) is 4.19. The minimum atomic E-state index is -0.255. The number of ether oxygens (including phenoxy) is 2. The Balaban J connectivity index is 1.71. The van der Waals surface area contributed by atoms with Crippen LogP contribution >= 0.6 is 0 Å². The molecule has 1 aliphatic rings. The fourth-order valence-electron chi connectivity index (χ4n) is 2.73. The van der Waals surface area contributed by atoms with E-state index in [4.69, 9.17) is 9.47 Å². The Hall–Kier alpha value is -2.56. The Morgan fingerprint density at radius 3 is 2.65 bits per heavy atom. The highest BCUT2D eigenvalue weighted by molar-refractivity contribution is 5.96. The van der Waals surface area contributed by atoms with E-state index < -0.39 is 0 Å². The summed E-state index contributed by atoms with van der Waals surface area (Å²) in [6.45, 7) is 0. The van der Waals surface area contributed by atoms with E-state index in [2.05, 4.69) is 5.32 Å². The van der Waals surface area contributed by atoms with Crippen LogP contribution < -0.4 is 14.8 Å². The third kappa shape index (κ3) is 3.13. The number of hydrogen-bond donors (Lipinski definition) is 1. The van der Waals surface area contributed by atoms with Gasteiger partial charge in [0, 0.05) is 12.0 Å². The first-order valence-corrected chi connectivity index (χ1v) is 7.41. The molecule has 2 atom stereocenters. The summed E-state index contributed by atoms with van der Waals surface area (Å²) in [4.78, 5) is 12.4. The number of hydrogen-bond acceptors (Lipinski definition) is 3. The summed E-state index contributed by atoms with van der Waals surface area (Å²) in [6.07, 6.45) is 0.658. The Morgan fingerprint density at radius 1 is 1.17 bits per heavy atom. The quantitative estimate of drug-likeness (QED) is 0.917. The number of carbonyl (C=O) groups is 1. The maximum Gasteiger partial charge on any atom is 0.228 e. The Morgan fingerprint density at radius 2 is 1.96 bits per heavy atom. The second-order valence-corrected chi connectivity index (χ2v) is 5.53. The molecule has 23 heavy (non-hydrogen) atoms. The predicted molar refractivity (Wildman–Crippen MR) is 85.4 cm³/mol. The first kappa shape index (κ1) is 15.3. The van der Waals surface area contributed by atoms with Crippen molar-refractivity contribution in [3.05, 3.63) is 53.8 Å². The van der Waals surface area contributed by atoms with Gasteiger partial charge in [-0.3, -0.25) is 4.79 Å². The van der Waals surface area contributed by atoms with Crippen LogP contribution in [0, 0.1) is 11.7 Å². The number of amides is 1. The van der Waals surface area contributed by atoms with Gasteiger partial charge in [-0.1, -0.05) is 18.2 Å². The molecular formula is C18H18FNO3. The molecule has 5 heteroatoms. The van der Waals surface area contributed by atoms with Crippen molar-refractivity contribution in [2.75, 3.05) is 19.5 Å². The van der Waals surface area contributed by atoms with Crippen LogP contribution in [0.2, 0.25) is 0 Å². The highest BCUT2D eigenvalue weighted by Gasteiger charge is 2.45. The molecule has 1 N–H and O–H groups in total. The van der Waals surface area contributed by atoms with Crippen molar-refractivity contribution in [1.82, 2.24) is 0 Å². The second-order valence-electron chi connectivity index (χ2n) is 5.53. The lowest BCUT2D eigenvalue weighted by molar-refractivity contribution is -0.117. The van der Waals surface area contributed by atoms with Crippen LogP contribution in [0.15, 0.2) is 42.5 Å². The van der Waals surface area contributed by atoms with E-state index in [1.165, 1.54) is 13.2 Å². The van der Waals surface area contributed by atoms with Crippen LogP contribution in [-0.2, 0) is 4.79 Å². The molecule has 4 nitrogen and oxygen atoms in total. The standard InChI is InChI=1S/C18H18FNO3/c1-22-11-7-8-16(17(9-11)23-2)20-18(21)14-10-13(14)12-5-3-4-6-15(12)19/h3-9,13-14H,10H2,1-2H3,(H,20,21). The Labute approximate surface area is 134 Å². The topological polar surface area (TPSA) is 47.6 Å². The lowest BCUT2D eigenvalue weighted by atomic mass is 10.1. The van der Waals surface area contributed by atoms with Gasteiger partial charge in [-0.2, -0.15) is 0 Å². The molecule has 3 rings (SSSR count). The number of halogens is 1. The number of nitrogens with one attached hydrogen (secondary N) is 1. The van der Waals surface area contributed by atoms with Gasteiger partial charge in [0.2, 0.25) is 5.91 Å².